The Morgan fingerprint density at radius 2 is 1.96 bits per heavy atom. The molecule has 0 spiro atoms. The number of halogens is 1. The van der Waals surface area contributed by atoms with Crippen LogP contribution in [0.2, 0.25) is 0 Å². The molecule has 1 aromatic carbocycles. The molecule has 24 heavy (non-hydrogen) atoms. The summed E-state index contributed by atoms with van der Waals surface area (Å²) >= 11 is 0. The van der Waals surface area contributed by atoms with E-state index < -0.39 is 6.03 Å². The largest absolute Gasteiger partial charge is 0.378 e. The van der Waals surface area contributed by atoms with E-state index in [4.69, 9.17) is 4.74 Å². The van der Waals surface area contributed by atoms with Crippen molar-refractivity contribution in [3.05, 3.63) is 48.2 Å². The van der Waals surface area contributed by atoms with Gasteiger partial charge in [0.05, 0.1) is 19.8 Å². The van der Waals surface area contributed by atoms with Gasteiger partial charge in [0.15, 0.2) is 0 Å². The van der Waals surface area contributed by atoms with Crippen LogP contribution in [0.5, 0.6) is 0 Å². The number of rotatable bonds is 4. The van der Waals surface area contributed by atoms with Crippen molar-refractivity contribution in [2.24, 2.45) is 0 Å². The number of nitrogens with one attached hydrogen (secondary N) is 2. The number of hydrogen-bond acceptors (Lipinski definition) is 5. The lowest BCUT2D eigenvalue weighted by Gasteiger charge is -2.27. The smallest absolute Gasteiger partial charge is 0.319 e. The van der Waals surface area contributed by atoms with E-state index in [0.29, 0.717) is 24.7 Å². The Kier molecular flexibility index (Phi) is 5.17. The van der Waals surface area contributed by atoms with Gasteiger partial charge < -0.3 is 20.3 Å². The molecule has 0 radical (unpaired) electrons. The highest BCUT2D eigenvalue weighted by atomic mass is 19.1. The molecule has 2 heterocycles. The van der Waals surface area contributed by atoms with E-state index in [-0.39, 0.29) is 12.4 Å². The maximum Gasteiger partial charge on any atom is 0.319 e. The molecule has 3 rings (SSSR count). The minimum Gasteiger partial charge on any atom is -0.378 e. The van der Waals surface area contributed by atoms with Crippen LogP contribution < -0.4 is 15.5 Å². The van der Waals surface area contributed by atoms with Crippen LogP contribution in [0, 0.1) is 5.82 Å². The molecular formula is C16H18FN5O2. The Morgan fingerprint density at radius 1 is 1.21 bits per heavy atom. The number of hydrogen-bond donors (Lipinski definition) is 2. The number of ether oxygens (including phenoxy) is 1. The first kappa shape index (κ1) is 16.1. The third kappa shape index (κ3) is 4.39. The van der Waals surface area contributed by atoms with Crippen molar-refractivity contribution in [3.8, 4) is 0 Å². The summed E-state index contributed by atoms with van der Waals surface area (Å²) in [7, 11) is 0. The van der Waals surface area contributed by atoms with Gasteiger partial charge in [0, 0.05) is 25.0 Å². The minimum atomic E-state index is -0.401. The van der Waals surface area contributed by atoms with Gasteiger partial charge in [-0.2, -0.15) is 0 Å². The lowest BCUT2D eigenvalue weighted by atomic mass is 10.3. The molecule has 0 aliphatic carbocycles. The summed E-state index contributed by atoms with van der Waals surface area (Å²) in [6.45, 7) is 3.13. The van der Waals surface area contributed by atoms with E-state index in [9.17, 15) is 9.18 Å². The van der Waals surface area contributed by atoms with Crippen LogP contribution in [0.4, 0.5) is 20.7 Å². The molecule has 0 saturated carbocycles. The van der Waals surface area contributed by atoms with Crippen molar-refractivity contribution in [1.29, 1.82) is 0 Å². The Labute approximate surface area is 138 Å². The maximum absolute atomic E-state index is 12.8. The Morgan fingerprint density at radius 3 is 2.71 bits per heavy atom. The van der Waals surface area contributed by atoms with Crippen molar-refractivity contribution in [2.75, 3.05) is 36.5 Å². The second-order valence-electron chi connectivity index (χ2n) is 5.25. The number of carbonyl (C=O) groups excluding carboxylic acids is 1. The summed E-state index contributed by atoms with van der Waals surface area (Å²) in [5, 5.41) is 5.30. The fourth-order valence-corrected chi connectivity index (χ4v) is 2.31. The highest BCUT2D eigenvalue weighted by molar-refractivity contribution is 5.89. The molecule has 1 aromatic heterocycles. The second-order valence-corrected chi connectivity index (χ2v) is 5.25. The first-order valence-electron chi connectivity index (χ1n) is 7.66. The number of carbonyl (C=O) groups is 1. The van der Waals surface area contributed by atoms with Crippen LogP contribution in [0.3, 0.4) is 0 Å². The fourth-order valence-electron chi connectivity index (χ4n) is 2.31. The molecule has 126 valence electrons. The third-order valence-corrected chi connectivity index (χ3v) is 3.54. The van der Waals surface area contributed by atoms with Gasteiger partial charge in [0.25, 0.3) is 0 Å². The molecule has 1 aliphatic heterocycles. The van der Waals surface area contributed by atoms with Crippen molar-refractivity contribution < 1.29 is 13.9 Å². The number of benzene rings is 1. The molecule has 2 amide bonds. The Bertz CT molecular complexity index is 689. The summed E-state index contributed by atoms with van der Waals surface area (Å²) < 4.78 is 18.1. The van der Waals surface area contributed by atoms with Crippen molar-refractivity contribution in [3.63, 3.8) is 0 Å². The summed E-state index contributed by atoms with van der Waals surface area (Å²) in [5.74, 6) is 0.992. The second kappa shape index (κ2) is 7.69. The normalized spacial score (nSPS) is 14.3. The number of urea groups is 1. The van der Waals surface area contributed by atoms with E-state index in [0.717, 1.165) is 18.9 Å². The number of nitrogens with zero attached hydrogens (tertiary/aromatic N) is 3. The van der Waals surface area contributed by atoms with Crippen molar-refractivity contribution in [1.82, 2.24) is 15.3 Å². The molecule has 1 aliphatic rings. The predicted molar refractivity (Wildman–Crippen MR) is 87.3 cm³/mol. The average Bonchev–Trinajstić information content (AvgIpc) is 2.63. The molecule has 2 N–H and O–H groups in total. The fraction of sp³-hybridized carbons (Fsp3) is 0.312. The molecular weight excluding hydrogens is 313 g/mol. The molecule has 1 saturated heterocycles. The standard InChI is InChI=1S/C16H18FN5O2/c17-12-1-3-13(4-2-12)20-16(23)19-11-14-18-6-5-15(21-14)22-7-9-24-10-8-22/h1-6H,7-11H2,(H2,19,20,23). The van der Waals surface area contributed by atoms with Crippen LogP contribution in [0.1, 0.15) is 5.82 Å². The maximum atomic E-state index is 12.8. The zero-order valence-electron chi connectivity index (χ0n) is 13.0. The van der Waals surface area contributed by atoms with Gasteiger partial charge in [-0.1, -0.05) is 0 Å². The molecule has 0 unspecified atom stereocenters. The molecule has 0 bridgehead atoms. The number of aromatic nitrogens is 2. The Hall–Kier alpha value is -2.74. The monoisotopic (exact) mass is 331 g/mol. The zero-order valence-corrected chi connectivity index (χ0v) is 13.0. The van der Waals surface area contributed by atoms with Gasteiger partial charge in [-0.05, 0) is 30.3 Å². The Balaban J connectivity index is 1.54. The quantitative estimate of drug-likeness (QED) is 0.893. The molecule has 2 aromatic rings. The lowest BCUT2D eigenvalue weighted by molar-refractivity contribution is 0.122. The summed E-state index contributed by atoms with van der Waals surface area (Å²) in [4.78, 5) is 22.6. The van der Waals surface area contributed by atoms with E-state index in [1.807, 2.05) is 6.07 Å². The first-order chi connectivity index (χ1) is 11.7. The highest BCUT2D eigenvalue weighted by Gasteiger charge is 2.13. The minimum absolute atomic E-state index is 0.200. The van der Waals surface area contributed by atoms with Crippen molar-refractivity contribution >= 4 is 17.5 Å². The number of amides is 2. The molecule has 8 heteroatoms. The average molecular weight is 331 g/mol. The zero-order chi connectivity index (χ0) is 16.8. The van der Waals surface area contributed by atoms with E-state index in [1.165, 1.54) is 24.3 Å². The molecule has 7 nitrogen and oxygen atoms in total. The van der Waals surface area contributed by atoms with Gasteiger partial charge in [-0.3, -0.25) is 0 Å². The summed E-state index contributed by atoms with van der Waals surface area (Å²) in [6, 6.07) is 6.99. The predicted octanol–water partition coefficient (Wildman–Crippen LogP) is 1.77. The van der Waals surface area contributed by atoms with E-state index >= 15 is 0 Å². The van der Waals surface area contributed by atoms with Crippen molar-refractivity contribution in [2.45, 2.75) is 6.54 Å². The van der Waals surface area contributed by atoms with Crippen LogP contribution >= 0.6 is 0 Å². The highest BCUT2D eigenvalue weighted by Crippen LogP contribution is 2.12. The van der Waals surface area contributed by atoms with Crippen LogP contribution in [-0.4, -0.2) is 42.3 Å². The lowest BCUT2D eigenvalue weighted by Crippen LogP contribution is -2.37. The van der Waals surface area contributed by atoms with E-state index in [1.54, 1.807) is 6.20 Å². The summed E-state index contributed by atoms with van der Waals surface area (Å²) in [6.07, 6.45) is 1.67. The molecule has 1 fully saturated rings. The van der Waals surface area contributed by atoms with Crippen LogP contribution in [0.25, 0.3) is 0 Å². The van der Waals surface area contributed by atoms with Gasteiger partial charge in [-0.25, -0.2) is 19.2 Å². The van der Waals surface area contributed by atoms with Crippen LogP contribution in [0.15, 0.2) is 36.5 Å². The number of morpholine rings is 1. The first-order valence-corrected chi connectivity index (χ1v) is 7.66. The van der Waals surface area contributed by atoms with Gasteiger partial charge in [0.2, 0.25) is 0 Å². The van der Waals surface area contributed by atoms with Gasteiger partial charge in [0.1, 0.15) is 17.5 Å². The van der Waals surface area contributed by atoms with Crippen LogP contribution in [-0.2, 0) is 11.3 Å². The third-order valence-electron chi connectivity index (χ3n) is 3.54. The van der Waals surface area contributed by atoms with E-state index in [2.05, 4.69) is 25.5 Å². The SMILES string of the molecule is O=C(NCc1nccc(N2CCOCC2)n1)Nc1ccc(F)cc1. The molecule has 0 atom stereocenters. The summed E-state index contributed by atoms with van der Waals surface area (Å²) in [5.41, 5.74) is 0.511. The van der Waals surface area contributed by atoms with Gasteiger partial charge >= 0.3 is 6.03 Å². The number of anilines is 2. The topological polar surface area (TPSA) is 79.4 Å². The van der Waals surface area contributed by atoms with Gasteiger partial charge in [-0.15, -0.1) is 0 Å².